The van der Waals surface area contributed by atoms with Crippen LogP contribution in [0.5, 0.6) is 0 Å². The lowest BCUT2D eigenvalue weighted by Crippen LogP contribution is -2.47. The fraction of sp³-hybridized carbons (Fsp3) is 0.471. The van der Waals surface area contributed by atoms with E-state index < -0.39 is 12.1 Å². The largest absolute Gasteiger partial charge is 0.445 e. The van der Waals surface area contributed by atoms with Crippen molar-refractivity contribution in [3.63, 3.8) is 0 Å². The van der Waals surface area contributed by atoms with Crippen molar-refractivity contribution in [2.24, 2.45) is 5.92 Å². The van der Waals surface area contributed by atoms with Crippen molar-refractivity contribution >= 4 is 18.3 Å². The van der Waals surface area contributed by atoms with Crippen LogP contribution in [0.3, 0.4) is 0 Å². The van der Waals surface area contributed by atoms with Crippen molar-refractivity contribution in [2.45, 2.75) is 39.3 Å². The van der Waals surface area contributed by atoms with E-state index in [-0.39, 0.29) is 31.4 Å². The fourth-order valence-corrected chi connectivity index (χ4v) is 1.99. The maximum Gasteiger partial charge on any atom is 0.408 e. The highest BCUT2D eigenvalue weighted by Gasteiger charge is 2.22. The maximum absolute atomic E-state index is 12.1. The van der Waals surface area contributed by atoms with Gasteiger partial charge < -0.3 is 20.2 Å². The number of carbonyl (C=O) groups is 3. The molecule has 0 fully saturated rings. The van der Waals surface area contributed by atoms with Crippen LogP contribution in [-0.4, -0.2) is 30.9 Å². The first kappa shape index (κ1) is 18.7. The number of rotatable bonds is 9. The molecular formula is C17H24N2O4. The van der Waals surface area contributed by atoms with Crippen molar-refractivity contribution in [2.75, 3.05) is 6.54 Å². The van der Waals surface area contributed by atoms with Crippen LogP contribution in [0, 0.1) is 5.92 Å². The number of hydrogen-bond donors (Lipinski definition) is 2. The lowest BCUT2D eigenvalue weighted by Gasteiger charge is -2.19. The lowest BCUT2D eigenvalue weighted by atomic mass is 10.0. The van der Waals surface area contributed by atoms with E-state index >= 15 is 0 Å². The van der Waals surface area contributed by atoms with E-state index in [4.69, 9.17) is 4.74 Å². The molecule has 0 spiro atoms. The molecule has 0 heterocycles. The molecule has 6 heteroatoms. The molecule has 0 aromatic heterocycles. The highest BCUT2D eigenvalue weighted by Crippen LogP contribution is 2.06. The minimum absolute atomic E-state index is 0.147. The number of ether oxygens (including phenoxy) is 1. The van der Waals surface area contributed by atoms with E-state index in [0.29, 0.717) is 6.42 Å². The Kier molecular flexibility index (Phi) is 8.42. The van der Waals surface area contributed by atoms with Crippen LogP contribution in [0.15, 0.2) is 30.3 Å². The third-order valence-electron chi connectivity index (χ3n) is 3.09. The Bertz CT molecular complexity index is 503. The molecule has 2 N–H and O–H groups in total. The third-order valence-corrected chi connectivity index (χ3v) is 3.09. The summed E-state index contributed by atoms with van der Waals surface area (Å²) in [5.74, 6) is -0.0801. The molecular weight excluding hydrogens is 296 g/mol. The second-order valence-electron chi connectivity index (χ2n) is 5.63. The molecule has 0 unspecified atom stereocenters. The number of carbonyl (C=O) groups excluding carboxylic acids is 3. The van der Waals surface area contributed by atoms with Crippen LogP contribution in [0.1, 0.15) is 32.3 Å². The molecule has 1 rings (SSSR count). The van der Waals surface area contributed by atoms with Crippen LogP contribution < -0.4 is 10.6 Å². The number of nitrogens with one attached hydrogen (secondary N) is 2. The minimum atomic E-state index is -0.676. The van der Waals surface area contributed by atoms with Gasteiger partial charge in [0.2, 0.25) is 5.91 Å². The average molecular weight is 320 g/mol. The molecule has 0 saturated heterocycles. The van der Waals surface area contributed by atoms with Crippen LogP contribution in [-0.2, 0) is 20.9 Å². The Labute approximate surface area is 136 Å². The van der Waals surface area contributed by atoms with Gasteiger partial charge >= 0.3 is 6.09 Å². The van der Waals surface area contributed by atoms with E-state index in [1.165, 1.54) is 0 Å². The van der Waals surface area contributed by atoms with Gasteiger partial charge in [-0.15, -0.1) is 0 Å². The van der Waals surface area contributed by atoms with Crippen molar-refractivity contribution < 1.29 is 19.1 Å². The Morgan fingerprint density at radius 3 is 2.52 bits per heavy atom. The molecule has 0 aliphatic carbocycles. The summed E-state index contributed by atoms with van der Waals surface area (Å²) in [6, 6.07) is 8.63. The summed E-state index contributed by atoms with van der Waals surface area (Å²) in [4.78, 5) is 34.2. The van der Waals surface area contributed by atoms with Crippen LogP contribution in [0.25, 0.3) is 0 Å². The minimum Gasteiger partial charge on any atom is -0.445 e. The Morgan fingerprint density at radius 1 is 1.22 bits per heavy atom. The van der Waals surface area contributed by atoms with Crippen LogP contribution in [0.2, 0.25) is 0 Å². The molecule has 1 aromatic rings. The smallest absolute Gasteiger partial charge is 0.408 e. The molecule has 0 bridgehead atoms. The second-order valence-corrected chi connectivity index (χ2v) is 5.63. The van der Waals surface area contributed by atoms with Crippen LogP contribution >= 0.6 is 0 Å². The van der Waals surface area contributed by atoms with Gasteiger partial charge in [-0.1, -0.05) is 44.2 Å². The summed E-state index contributed by atoms with van der Waals surface area (Å²) in [7, 11) is 0. The number of aldehydes is 1. The second kappa shape index (κ2) is 10.4. The summed E-state index contributed by atoms with van der Waals surface area (Å²) in [5.41, 5.74) is 0.874. The first-order valence-electron chi connectivity index (χ1n) is 7.71. The highest BCUT2D eigenvalue weighted by atomic mass is 16.5. The van der Waals surface area contributed by atoms with E-state index in [2.05, 4.69) is 10.6 Å². The van der Waals surface area contributed by atoms with E-state index in [0.717, 1.165) is 11.8 Å². The molecule has 0 aliphatic heterocycles. The van der Waals surface area contributed by atoms with Crippen molar-refractivity contribution in [1.29, 1.82) is 0 Å². The Hall–Kier alpha value is -2.37. The van der Waals surface area contributed by atoms with Gasteiger partial charge in [0.15, 0.2) is 0 Å². The van der Waals surface area contributed by atoms with Crippen LogP contribution in [0.4, 0.5) is 4.79 Å². The van der Waals surface area contributed by atoms with Gasteiger partial charge in [0.1, 0.15) is 18.9 Å². The first-order valence-corrected chi connectivity index (χ1v) is 7.71. The van der Waals surface area contributed by atoms with Gasteiger partial charge in [0.25, 0.3) is 0 Å². The quantitative estimate of drug-likeness (QED) is 0.538. The molecule has 1 atom stereocenters. The summed E-state index contributed by atoms with van der Waals surface area (Å²) < 4.78 is 5.13. The predicted molar refractivity (Wildman–Crippen MR) is 86.7 cm³/mol. The number of hydrogen-bond acceptors (Lipinski definition) is 4. The molecule has 2 amide bonds. The molecule has 0 aliphatic rings. The lowest BCUT2D eigenvalue weighted by molar-refractivity contribution is -0.123. The summed E-state index contributed by atoms with van der Waals surface area (Å²) >= 11 is 0. The number of alkyl carbamates (subject to hydrolysis) is 1. The van der Waals surface area contributed by atoms with Gasteiger partial charge in [-0.2, -0.15) is 0 Å². The van der Waals surface area contributed by atoms with Crippen molar-refractivity contribution in [3.8, 4) is 0 Å². The molecule has 0 radical (unpaired) electrons. The molecule has 1 aromatic carbocycles. The summed E-state index contributed by atoms with van der Waals surface area (Å²) in [6.45, 7) is 4.33. The zero-order valence-electron chi connectivity index (χ0n) is 13.6. The zero-order chi connectivity index (χ0) is 17.1. The van der Waals surface area contributed by atoms with Crippen molar-refractivity contribution in [1.82, 2.24) is 10.6 Å². The van der Waals surface area contributed by atoms with Gasteiger partial charge in [0.05, 0.1) is 0 Å². The summed E-state index contributed by atoms with van der Waals surface area (Å²) in [6.07, 6.45) is 0.843. The zero-order valence-corrected chi connectivity index (χ0v) is 13.6. The maximum atomic E-state index is 12.1. The average Bonchev–Trinajstić information content (AvgIpc) is 2.53. The van der Waals surface area contributed by atoms with Gasteiger partial charge in [-0.25, -0.2) is 4.79 Å². The highest BCUT2D eigenvalue weighted by molar-refractivity contribution is 5.85. The molecule has 23 heavy (non-hydrogen) atoms. The standard InChI is InChI=1S/C17H24N2O4/c1-13(2)11-15(16(21)18-9-6-10-20)19-17(22)23-12-14-7-4-3-5-8-14/h3-5,7-8,10,13,15H,6,9,11-12H2,1-2H3,(H,18,21)(H,19,22)/t15-/m1/s1. The van der Waals surface area contributed by atoms with Gasteiger partial charge in [-0.05, 0) is 17.9 Å². The molecule has 126 valence electrons. The number of amides is 2. The fourth-order valence-electron chi connectivity index (χ4n) is 1.99. The third kappa shape index (κ3) is 7.99. The van der Waals surface area contributed by atoms with Gasteiger partial charge in [0, 0.05) is 13.0 Å². The molecule has 0 saturated carbocycles. The van der Waals surface area contributed by atoms with E-state index in [9.17, 15) is 14.4 Å². The van der Waals surface area contributed by atoms with Gasteiger partial charge in [-0.3, -0.25) is 4.79 Å². The van der Waals surface area contributed by atoms with Crippen molar-refractivity contribution in [3.05, 3.63) is 35.9 Å². The Balaban J connectivity index is 2.49. The van der Waals surface area contributed by atoms with E-state index in [1.807, 2.05) is 44.2 Å². The topological polar surface area (TPSA) is 84.5 Å². The van der Waals surface area contributed by atoms with E-state index in [1.54, 1.807) is 0 Å². The normalized spacial score (nSPS) is 11.6. The Morgan fingerprint density at radius 2 is 1.91 bits per heavy atom. The summed E-state index contributed by atoms with van der Waals surface area (Å²) in [5, 5.41) is 5.21. The monoisotopic (exact) mass is 320 g/mol. The SMILES string of the molecule is CC(C)C[C@@H](NC(=O)OCc1ccccc1)C(=O)NCCC=O. The first-order chi connectivity index (χ1) is 11.0. The predicted octanol–water partition coefficient (Wildman–Crippen LogP) is 2.03. The number of benzene rings is 1. The molecule has 6 nitrogen and oxygen atoms in total.